The van der Waals surface area contributed by atoms with Crippen molar-refractivity contribution in [3.63, 3.8) is 0 Å². The second kappa shape index (κ2) is 6.97. The van der Waals surface area contributed by atoms with Gasteiger partial charge in [0.15, 0.2) is 0 Å². The molecule has 1 aromatic rings. The number of nitro groups is 1. The number of nitrogens with zero attached hydrogens (tertiary/aromatic N) is 2. The molecule has 0 aliphatic rings. The van der Waals surface area contributed by atoms with Gasteiger partial charge in [-0.05, 0) is 31.9 Å². The van der Waals surface area contributed by atoms with Crippen LogP contribution in [-0.4, -0.2) is 42.4 Å². The molecule has 0 aliphatic carbocycles. The van der Waals surface area contributed by atoms with Crippen LogP contribution in [0.1, 0.15) is 24.5 Å². The van der Waals surface area contributed by atoms with Gasteiger partial charge in [0.25, 0.3) is 5.69 Å². The van der Waals surface area contributed by atoms with Gasteiger partial charge < -0.3 is 5.11 Å². The van der Waals surface area contributed by atoms with Crippen LogP contribution >= 0.6 is 0 Å². The van der Waals surface area contributed by atoms with E-state index in [1.807, 2.05) is 6.92 Å². The summed E-state index contributed by atoms with van der Waals surface area (Å²) in [6.07, 6.45) is 0.589. The lowest BCUT2D eigenvalue weighted by Crippen LogP contribution is -2.34. The van der Waals surface area contributed by atoms with Gasteiger partial charge in [0.1, 0.15) is 0 Å². The molecule has 0 saturated heterocycles. The van der Waals surface area contributed by atoms with E-state index in [0.717, 1.165) is 10.4 Å². The molecule has 1 N–H and O–H groups in total. The molecule has 0 saturated carbocycles. The highest BCUT2D eigenvalue weighted by Crippen LogP contribution is 2.27. The quantitative estimate of drug-likeness (QED) is 0.608. The fourth-order valence-electron chi connectivity index (χ4n) is 2.01. The van der Waals surface area contributed by atoms with E-state index in [1.54, 1.807) is 13.8 Å². The largest absolute Gasteiger partial charge is 0.395 e. The topological polar surface area (TPSA) is 101 Å². The summed E-state index contributed by atoms with van der Waals surface area (Å²) in [5.41, 5.74) is 0.778. The molecule has 0 aromatic heterocycles. The van der Waals surface area contributed by atoms with Crippen molar-refractivity contribution in [3.8, 4) is 0 Å². The number of nitro benzene ring substituents is 1. The minimum absolute atomic E-state index is 0.0309. The first-order valence-electron chi connectivity index (χ1n) is 6.62. The molecule has 0 spiro atoms. The van der Waals surface area contributed by atoms with Crippen LogP contribution in [0.15, 0.2) is 17.0 Å². The van der Waals surface area contributed by atoms with Crippen LogP contribution in [0, 0.1) is 24.0 Å². The van der Waals surface area contributed by atoms with Crippen molar-refractivity contribution in [2.45, 2.75) is 32.1 Å². The van der Waals surface area contributed by atoms with Crippen molar-refractivity contribution in [2.75, 3.05) is 19.7 Å². The Morgan fingerprint density at radius 2 is 1.90 bits per heavy atom. The zero-order valence-electron chi connectivity index (χ0n) is 12.4. The Hall–Kier alpha value is -1.51. The highest BCUT2D eigenvalue weighted by Gasteiger charge is 2.27. The normalized spacial score (nSPS) is 11.9. The van der Waals surface area contributed by atoms with Gasteiger partial charge in [0.05, 0.1) is 16.4 Å². The van der Waals surface area contributed by atoms with Crippen LogP contribution in [-0.2, 0) is 10.0 Å². The summed E-state index contributed by atoms with van der Waals surface area (Å²) in [5, 5.41) is 20.0. The molecule has 0 radical (unpaired) electrons. The lowest BCUT2D eigenvalue weighted by atomic mass is 10.1. The molecule has 7 nitrogen and oxygen atoms in total. The van der Waals surface area contributed by atoms with E-state index in [9.17, 15) is 18.5 Å². The number of aliphatic hydroxyl groups is 1. The van der Waals surface area contributed by atoms with Gasteiger partial charge in [-0.15, -0.1) is 0 Å². The van der Waals surface area contributed by atoms with Crippen LogP contribution in [0.3, 0.4) is 0 Å². The predicted molar refractivity (Wildman–Crippen MR) is 78.7 cm³/mol. The number of rotatable bonds is 7. The fourth-order valence-corrected chi connectivity index (χ4v) is 3.64. The van der Waals surface area contributed by atoms with E-state index in [4.69, 9.17) is 5.11 Å². The van der Waals surface area contributed by atoms with Gasteiger partial charge in [-0.3, -0.25) is 10.1 Å². The Morgan fingerprint density at radius 1 is 1.29 bits per heavy atom. The van der Waals surface area contributed by atoms with E-state index in [-0.39, 0.29) is 30.3 Å². The smallest absolute Gasteiger partial charge is 0.273 e. The summed E-state index contributed by atoms with van der Waals surface area (Å²) in [7, 11) is -3.85. The maximum absolute atomic E-state index is 12.5. The third-order valence-electron chi connectivity index (χ3n) is 3.27. The first-order chi connectivity index (χ1) is 9.75. The molecular formula is C13H20N2O5S. The zero-order chi connectivity index (χ0) is 16.2. The zero-order valence-corrected chi connectivity index (χ0v) is 13.2. The minimum Gasteiger partial charge on any atom is -0.395 e. The van der Waals surface area contributed by atoms with Crippen molar-refractivity contribution in [1.82, 2.24) is 4.31 Å². The summed E-state index contributed by atoms with van der Waals surface area (Å²) in [6, 6.07) is 2.51. The molecule has 0 amide bonds. The van der Waals surface area contributed by atoms with Crippen LogP contribution in [0.2, 0.25) is 0 Å². The second-order valence-electron chi connectivity index (χ2n) is 4.77. The van der Waals surface area contributed by atoms with Crippen molar-refractivity contribution >= 4 is 15.7 Å². The number of sulfonamides is 1. The number of aliphatic hydroxyl groups excluding tert-OH is 1. The average molecular weight is 316 g/mol. The van der Waals surface area contributed by atoms with Gasteiger partial charge in [-0.25, -0.2) is 8.42 Å². The van der Waals surface area contributed by atoms with Gasteiger partial charge in [0.2, 0.25) is 10.0 Å². The molecule has 0 aliphatic heterocycles. The van der Waals surface area contributed by atoms with Crippen molar-refractivity contribution in [3.05, 3.63) is 33.4 Å². The average Bonchev–Trinajstić information content (AvgIpc) is 2.40. The third kappa shape index (κ3) is 3.78. The van der Waals surface area contributed by atoms with Crippen molar-refractivity contribution in [2.24, 2.45) is 0 Å². The number of hydrogen-bond donors (Lipinski definition) is 1. The summed E-state index contributed by atoms with van der Waals surface area (Å²) >= 11 is 0. The monoisotopic (exact) mass is 316 g/mol. The first kappa shape index (κ1) is 17.5. The summed E-state index contributed by atoms with van der Waals surface area (Å²) in [6.45, 7) is 4.97. The number of benzene rings is 1. The molecule has 1 rings (SSSR count). The standard InChI is InChI=1S/C13H20N2O5S/c1-4-5-14(6-7-16)21(19,20)12-8-10(2)11(3)13(9-12)15(17)18/h8-9,16H,4-7H2,1-3H3. The number of aryl methyl sites for hydroxylation is 1. The van der Waals surface area contributed by atoms with Crippen molar-refractivity contribution in [1.29, 1.82) is 0 Å². The van der Waals surface area contributed by atoms with Gasteiger partial charge >= 0.3 is 0 Å². The van der Waals surface area contributed by atoms with E-state index in [1.165, 1.54) is 6.07 Å². The third-order valence-corrected chi connectivity index (χ3v) is 5.15. The van der Waals surface area contributed by atoms with E-state index >= 15 is 0 Å². The molecule has 0 atom stereocenters. The summed E-state index contributed by atoms with van der Waals surface area (Å²) in [5.74, 6) is 0. The molecule has 0 unspecified atom stereocenters. The molecule has 21 heavy (non-hydrogen) atoms. The number of hydrogen-bond acceptors (Lipinski definition) is 5. The Balaban J connectivity index is 3.40. The Labute approximate surface area is 124 Å². The van der Waals surface area contributed by atoms with Crippen molar-refractivity contribution < 1.29 is 18.4 Å². The molecule has 1 aromatic carbocycles. The molecule has 8 heteroatoms. The highest BCUT2D eigenvalue weighted by atomic mass is 32.2. The SMILES string of the molecule is CCCN(CCO)S(=O)(=O)c1cc(C)c(C)c([N+](=O)[O-])c1. The van der Waals surface area contributed by atoms with Crippen LogP contribution in [0.25, 0.3) is 0 Å². The minimum atomic E-state index is -3.85. The van der Waals surface area contributed by atoms with E-state index in [0.29, 0.717) is 17.5 Å². The molecule has 118 valence electrons. The second-order valence-corrected chi connectivity index (χ2v) is 6.71. The maximum Gasteiger partial charge on any atom is 0.273 e. The fraction of sp³-hybridized carbons (Fsp3) is 0.538. The molecule has 0 bridgehead atoms. The summed E-state index contributed by atoms with van der Waals surface area (Å²) in [4.78, 5) is 10.3. The van der Waals surface area contributed by atoms with E-state index < -0.39 is 14.9 Å². The maximum atomic E-state index is 12.5. The van der Waals surface area contributed by atoms with Crippen LogP contribution in [0.4, 0.5) is 5.69 Å². The molecule has 0 fully saturated rings. The van der Waals surface area contributed by atoms with Crippen LogP contribution < -0.4 is 0 Å². The lowest BCUT2D eigenvalue weighted by Gasteiger charge is -2.21. The Morgan fingerprint density at radius 3 is 2.38 bits per heavy atom. The lowest BCUT2D eigenvalue weighted by molar-refractivity contribution is -0.385. The van der Waals surface area contributed by atoms with Gasteiger partial charge in [-0.1, -0.05) is 6.92 Å². The highest BCUT2D eigenvalue weighted by molar-refractivity contribution is 7.89. The van der Waals surface area contributed by atoms with E-state index in [2.05, 4.69) is 0 Å². The van der Waals surface area contributed by atoms with Gasteiger partial charge in [-0.2, -0.15) is 4.31 Å². The molecule has 0 heterocycles. The predicted octanol–water partition coefficient (Wildman–Crippen LogP) is 1.60. The Kier molecular flexibility index (Phi) is 5.82. The van der Waals surface area contributed by atoms with Gasteiger partial charge in [0, 0.05) is 24.7 Å². The summed E-state index contributed by atoms with van der Waals surface area (Å²) < 4.78 is 26.2. The first-order valence-corrected chi connectivity index (χ1v) is 8.06. The molecular weight excluding hydrogens is 296 g/mol. The Bertz CT molecular complexity index is 622. The van der Waals surface area contributed by atoms with Crippen LogP contribution in [0.5, 0.6) is 0 Å².